The third-order valence-electron chi connectivity index (χ3n) is 9.01. The summed E-state index contributed by atoms with van der Waals surface area (Å²) in [5.74, 6) is 0.664. The number of quaternary nitrogens is 1. The van der Waals surface area contributed by atoms with E-state index in [0.717, 1.165) is 27.8 Å². The standard InChI is InChI=1S/C35H32N2O8S2/c38-46(39,40)21-8-7-19-36-29-22-27(25-10-3-1-4-11-25)15-17-31(29)44-33(36)24-34-37(20-9-14-35(37)47(41,42)43)30-23-28(16-18-32(30)45-34)26-12-5-2-6-13-26/h1-6,10-13,15-18,22-24,35H,7-9,14,19-21H2/p+1. The number of ether oxygens (including phenoxy) is 1. The number of nitrogens with zero attached hydrogens (tertiary/aromatic N) is 2. The number of unbranched alkanes of at least 4 members (excludes halogenated alkanes) is 1. The Kier molecular flexibility index (Phi) is 8.01. The average molecular weight is 674 g/mol. The van der Waals surface area contributed by atoms with Crippen molar-refractivity contribution in [1.82, 2.24) is 4.48 Å². The minimum absolute atomic E-state index is 0.162. The number of aryl methyl sites for hydroxylation is 1. The van der Waals surface area contributed by atoms with E-state index in [0.29, 0.717) is 54.7 Å². The number of oxazole rings is 1. The van der Waals surface area contributed by atoms with Gasteiger partial charge >= 0.3 is 21.9 Å². The van der Waals surface area contributed by atoms with Gasteiger partial charge in [-0.05, 0) is 40.8 Å². The van der Waals surface area contributed by atoms with Crippen LogP contribution >= 0.6 is 0 Å². The van der Waals surface area contributed by atoms with Crippen LogP contribution in [-0.2, 0) is 26.8 Å². The highest BCUT2D eigenvalue weighted by atomic mass is 32.2. The van der Waals surface area contributed by atoms with Gasteiger partial charge in [-0.15, -0.1) is 0 Å². The Morgan fingerprint density at radius 1 is 0.851 bits per heavy atom. The first-order chi connectivity index (χ1) is 22.5. The molecule has 1 N–H and O–H groups in total. The van der Waals surface area contributed by atoms with E-state index < -0.39 is 31.4 Å². The minimum atomic E-state index is -4.51. The molecule has 0 aliphatic carbocycles. The molecule has 4 aromatic carbocycles. The molecule has 10 nitrogen and oxygen atoms in total. The Bertz CT molecular complexity index is 2220. The molecule has 242 valence electrons. The summed E-state index contributed by atoms with van der Waals surface area (Å²) in [6.07, 6.45) is 2.98. The van der Waals surface area contributed by atoms with Crippen LogP contribution in [0.1, 0.15) is 31.6 Å². The van der Waals surface area contributed by atoms with Gasteiger partial charge in [0.2, 0.25) is 11.0 Å². The van der Waals surface area contributed by atoms with Crippen molar-refractivity contribution in [3.8, 4) is 28.0 Å². The van der Waals surface area contributed by atoms with Crippen LogP contribution in [0.5, 0.6) is 5.75 Å². The zero-order chi connectivity index (χ0) is 32.8. The molecular formula is C35H33N2O8S2+. The highest BCUT2D eigenvalue weighted by Crippen LogP contribution is 2.53. The van der Waals surface area contributed by atoms with Crippen LogP contribution in [-0.4, -0.2) is 43.6 Å². The molecule has 2 aliphatic rings. The minimum Gasteiger partial charge on any atom is -0.748 e. The Balaban J connectivity index is 1.38. The molecule has 1 saturated heterocycles. The Hall–Kier alpha value is -4.33. The van der Waals surface area contributed by atoms with E-state index in [1.165, 1.54) is 0 Å². The number of benzene rings is 4. The van der Waals surface area contributed by atoms with Gasteiger partial charge in [-0.25, -0.2) is 12.9 Å². The second kappa shape index (κ2) is 12.0. The maximum absolute atomic E-state index is 12.9. The quantitative estimate of drug-likeness (QED) is 0.0860. The summed E-state index contributed by atoms with van der Waals surface area (Å²) in [6, 6.07) is 31.0. The summed E-state index contributed by atoms with van der Waals surface area (Å²) >= 11 is 0. The molecule has 0 saturated carbocycles. The van der Waals surface area contributed by atoms with Crippen molar-refractivity contribution >= 4 is 43.1 Å². The fourth-order valence-electron chi connectivity index (χ4n) is 6.87. The average Bonchev–Trinajstić information content (AvgIpc) is 3.74. The molecule has 2 unspecified atom stereocenters. The van der Waals surface area contributed by atoms with Gasteiger partial charge in [-0.3, -0.25) is 4.55 Å². The van der Waals surface area contributed by atoms with Crippen molar-refractivity contribution in [2.24, 2.45) is 0 Å². The lowest BCUT2D eigenvalue weighted by Gasteiger charge is -2.31. The predicted molar refractivity (Wildman–Crippen MR) is 177 cm³/mol. The van der Waals surface area contributed by atoms with Crippen molar-refractivity contribution in [2.45, 2.75) is 37.6 Å². The second-order valence-corrected chi connectivity index (χ2v) is 15.0. The van der Waals surface area contributed by atoms with Gasteiger partial charge in [0, 0.05) is 37.1 Å². The molecule has 0 radical (unpaired) electrons. The molecule has 2 atom stereocenters. The van der Waals surface area contributed by atoms with Crippen LogP contribution in [0, 0.1) is 0 Å². The van der Waals surface area contributed by atoms with Crippen molar-refractivity contribution in [2.75, 3.05) is 12.3 Å². The second-order valence-electron chi connectivity index (χ2n) is 11.9. The molecule has 12 heteroatoms. The highest BCUT2D eigenvalue weighted by molar-refractivity contribution is 7.86. The zero-order valence-corrected chi connectivity index (χ0v) is 27.0. The number of fused-ring (bicyclic) bond motifs is 3. The van der Waals surface area contributed by atoms with Crippen LogP contribution in [0.3, 0.4) is 0 Å². The van der Waals surface area contributed by atoms with Crippen molar-refractivity contribution in [3.63, 3.8) is 0 Å². The molecule has 47 heavy (non-hydrogen) atoms. The summed E-state index contributed by atoms with van der Waals surface area (Å²) in [5, 5.41) is -1.19. The largest absolute Gasteiger partial charge is 0.748 e. The number of rotatable bonds is 9. The topological polar surface area (TPSA) is 138 Å². The molecule has 2 aliphatic heterocycles. The van der Waals surface area contributed by atoms with E-state index in [4.69, 9.17) is 9.15 Å². The highest BCUT2D eigenvalue weighted by Gasteiger charge is 2.60. The summed E-state index contributed by atoms with van der Waals surface area (Å²) < 4.78 is 84.8. The Labute approximate surface area is 273 Å². The molecular weight excluding hydrogens is 641 g/mol. The van der Waals surface area contributed by atoms with Gasteiger partial charge in [0.15, 0.2) is 24.1 Å². The first-order valence-electron chi connectivity index (χ1n) is 15.4. The summed E-state index contributed by atoms with van der Waals surface area (Å²) in [6.45, 7) is 0.702. The van der Waals surface area contributed by atoms with Gasteiger partial charge in [0.05, 0.1) is 16.7 Å². The summed E-state index contributed by atoms with van der Waals surface area (Å²) in [4.78, 5) is 0. The lowest BCUT2D eigenvalue weighted by Crippen LogP contribution is -2.54. The van der Waals surface area contributed by atoms with E-state index in [1.807, 2.05) is 102 Å². The van der Waals surface area contributed by atoms with E-state index in [2.05, 4.69) is 0 Å². The maximum atomic E-state index is 12.9. The Morgan fingerprint density at radius 2 is 1.51 bits per heavy atom. The van der Waals surface area contributed by atoms with Gasteiger partial charge < -0.3 is 13.7 Å². The van der Waals surface area contributed by atoms with E-state index in [9.17, 15) is 25.9 Å². The van der Waals surface area contributed by atoms with Crippen LogP contribution < -0.4 is 13.8 Å². The molecule has 1 fully saturated rings. The van der Waals surface area contributed by atoms with E-state index in [1.54, 1.807) is 6.08 Å². The van der Waals surface area contributed by atoms with E-state index >= 15 is 0 Å². The molecule has 1 aromatic heterocycles. The SMILES string of the molecule is O=S(=O)([O-])CCCC[n+]1c(C=C2Oc3ccc(-c4ccccc4)cc3[N+]23CCCC3S(=O)(=O)O)oc2ccc(-c3ccccc3)cc21. The molecule has 3 heterocycles. The van der Waals surface area contributed by atoms with Crippen molar-refractivity contribution < 1.29 is 39.7 Å². The maximum Gasteiger partial charge on any atom is 0.383 e. The molecule has 5 aromatic rings. The van der Waals surface area contributed by atoms with Crippen molar-refractivity contribution in [1.29, 1.82) is 0 Å². The van der Waals surface area contributed by atoms with Crippen LogP contribution in [0.15, 0.2) is 107 Å². The zero-order valence-electron chi connectivity index (χ0n) is 25.4. The Morgan fingerprint density at radius 3 is 2.17 bits per heavy atom. The van der Waals surface area contributed by atoms with Gasteiger partial charge in [0.1, 0.15) is 0 Å². The molecule has 7 rings (SSSR count). The summed E-state index contributed by atoms with van der Waals surface area (Å²) in [5.41, 5.74) is 5.72. The van der Waals surface area contributed by atoms with Gasteiger partial charge in [0.25, 0.3) is 5.52 Å². The lowest BCUT2D eigenvalue weighted by molar-refractivity contribution is -0.678. The fraction of sp³-hybridized carbons (Fsp3) is 0.229. The van der Waals surface area contributed by atoms with Gasteiger partial charge in [-0.1, -0.05) is 72.8 Å². The third kappa shape index (κ3) is 5.99. The van der Waals surface area contributed by atoms with Crippen LogP contribution in [0.2, 0.25) is 0 Å². The van der Waals surface area contributed by atoms with E-state index in [-0.39, 0.29) is 17.3 Å². The molecule has 1 spiro atoms. The fourth-order valence-corrected chi connectivity index (χ4v) is 8.67. The number of hydrogen-bond donors (Lipinski definition) is 1. The first-order valence-corrected chi connectivity index (χ1v) is 18.5. The van der Waals surface area contributed by atoms with Gasteiger partial charge in [-0.2, -0.15) is 13.0 Å². The monoisotopic (exact) mass is 673 g/mol. The lowest BCUT2D eigenvalue weighted by atomic mass is 10.0. The van der Waals surface area contributed by atoms with Crippen LogP contribution in [0.4, 0.5) is 5.69 Å². The number of hydrogen-bond acceptors (Lipinski definition) is 7. The summed E-state index contributed by atoms with van der Waals surface area (Å²) in [7, 11) is -8.88. The van der Waals surface area contributed by atoms with Crippen molar-refractivity contribution in [3.05, 3.63) is 109 Å². The molecule has 0 bridgehead atoms. The first kappa shape index (κ1) is 31.3. The third-order valence-corrected chi connectivity index (χ3v) is 11.1. The normalized spacial score (nSPS) is 20.2. The predicted octanol–water partition coefficient (Wildman–Crippen LogP) is 6.09. The number of aromatic nitrogens is 1. The smallest absolute Gasteiger partial charge is 0.383 e. The molecule has 0 amide bonds. The van der Waals surface area contributed by atoms with Crippen LogP contribution in [0.25, 0.3) is 39.4 Å².